The summed E-state index contributed by atoms with van der Waals surface area (Å²) in [6.07, 6.45) is 5.94. The number of carbonyl (C=O) groups is 1. The maximum absolute atomic E-state index is 12.3. The molecule has 1 unspecified atom stereocenters. The lowest BCUT2D eigenvalue weighted by Crippen LogP contribution is -2.15. The van der Waals surface area contributed by atoms with Gasteiger partial charge >= 0.3 is 0 Å². The van der Waals surface area contributed by atoms with Crippen LogP contribution in [0.15, 0.2) is 36.7 Å². The zero-order valence-electron chi connectivity index (χ0n) is 13.4. The van der Waals surface area contributed by atoms with Crippen molar-refractivity contribution in [2.24, 2.45) is 0 Å². The Morgan fingerprint density at radius 1 is 1.33 bits per heavy atom. The standard InChI is InChI=1S/C18H21N5O/c24-17(6-5-12-10-20-15-4-2-1-3-14(12)15)22-16-11-21-23-18(16)13-7-8-19-9-13/h1-4,10-11,13,19-20H,5-9H2,(H,21,23)(H,22,24). The van der Waals surface area contributed by atoms with Crippen LogP contribution in [0.1, 0.15) is 30.0 Å². The zero-order valence-corrected chi connectivity index (χ0v) is 13.4. The third-order valence-corrected chi connectivity index (χ3v) is 4.71. The third-order valence-electron chi connectivity index (χ3n) is 4.71. The van der Waals surface area contributed by atoms with Gasteiger partial charge in [-0.25, -0.2) is 0 Å². The first-order valence-corrected chi connectivity index (χ1v) is 8.40. The van der Waals surface area contributed by atoms with Gasteiger partial charge in [0.15, 0.2) is 0 Å². The van der Waals surface area contributed by atoms with E-state index >= 15 is 0 Å². The first-order valence-electron chi connectivity index (χ1n) is 8.40. The van der Waals surface area contributed by atoms with Crippen LogP contribution in [0.25, 0.3) is 10.9 Å². The molecule has 1 amide bonds. The molecule has 0 saturated carbocycles. The van der Waals surface area contributed by atoms with Crippen molar-refractivity contribution in [2.75, 3.05) is 18.4 Å². The Balaban J connectivity index is 1.40. The minimum absolute atomic E-state index is 0.0221. The molecular weight excluding hydrogens is 302 g/mol. The Bertz CT molecular complexity index is 844. The molecule has 0 radical (unpaired) electrons. The van der Waals surface area contributed by atoms with E-state index in [4.69, 9.17) is 0 Å². The minimum atomic E-state index is 0.0221. The Kier molecular flexibility index (Phi) is 4.04. The van der Waals surface area contributed by atoms with E-state index in [0.29, 0.717) is 18.8 Å². The fraction of sp³-hybridized carbons (Fsp3) is 0.333. The molecule has 3 heterocycles. The van der Waals surface area contributed by atoms with Gasteiger partial charge in [0.25, 0.3) is 0 Å². The van der Waals surface area contributed by atoms with Crippen LogP contribution in [-0.4, -0.2) is 34.2 Å². The summed E-state index contributed by atoms with van der Waals surface area (Å²) < 4.78 is 0. The molecule has 4 N–H and O–H groups in total. The Hall–Kier alpha value is -2.60. The highest BCUT2D eigenvalue weighted by Gasteiger charge is 2.22. The molecule has 6 nitrogen and oxygen atoms in total. The molecule has 3 aromatic rings. The molecule has 1 saturated heterocycles. The number of benzene rings is 1. The number of nitrogens with zero attached hydrogens (tertiary/aromatic N) is 1. The lowest BCUT2D eigenvalue weighted by molar-refractivity contribution is -0.116. The van der Waals surface area contributed by atoms with E-state index in [1.165, 1.54) is 10.9 Å². The molecule has 1 aliphatic heterocycles. The van der Waals surface area contributed by atoms with Gasteiger partial charge in [0.2, 0.25) is 5.91 Å². The highest BCUT2D eigenvalue weighted by atomic mass is 16.1. The van der Waals surface area contributed by atoms with Gasteiger partial charge in [-0.1, -0.05) is 18.2 Å². The summed E-state index contributed by atoms with van der Waals surface area (Å²) in [5.74, 6) is 0.422. The van der Waals surface area contributed by atoms with Crippen molar-refractivity contribution < 1.29 is 4.79 Å². The number of aromatic amines is 2. The summed E-state index contributed by atoms with van der Waals surface area (Å²) >= 11 is 0. The second kappa shape index (κ2) is 6.49. The maximum Gasteiger partial charge on any atom is 0.224 e. The number of amides is 1. The van der Waals surface area contributed by atoms with Crippen LogP contribution in [0.5, 0.6) is 0 Å². The number of aryl methyl sites for hydroxylation is 1. The first kappa shape index (κ1) is 15.0. The number of carbonyl (C=O) groups excluding carboxylic acids is 1. The van der Waals surface area contributed by atoms with Crippen molar-refractivity contribution in [1.82, 2.24) is 20.5 Å². The van der Waals surface area contributed by atoms with E-state index < -0.39 is 0 Å². The van der Waals surface area contributed by atoms with Crippen LogP contribution in [-0.2, 0) is 11.2 Å². The molecule has 2 aromatic heterocycles. The fourth-order valence-electron chi connectivity index (χ4n) is 3.41. The smallest absolute Gasteiger partial charge is 0.224 e. The van der Waals surface area contributed by atoms with Gasteiger partial charge in [0.1, 0.15) is 0 Å². The predicted molar refractivity (Wildman–Crippen MR) is 94.1 cm³/mol. The molecule has 1 fully saturated rings. The molecule has 1 aliphatic rings. The van der Waals surface area contributed by atoms with Gasteiger partial charge < -0.3 is 15.6 Å². The number of fused-ring (bicyclic) bond motifs is 1. The Morgan fingerprint density at radius 3 is 3.12 bits per heavy atom. The number of hydrogen-bond acceptors (Lipinski definition) is 3. The summed E-state index contributed by atoms with van der Waals surface area (Å²) in [4.78, 5) is 15.6. The van der Waals surface area contributed by atoms with Gasteiger partial charge in [0.05, 0.1) is 17.6 Å². The molecule has 1 atom stereocenters. The number of nitrogens with one attached hydrogen (secondary N) is 4. The highest BCUT2D eigenvalue weighted by Crippen LogP contribution is 2.27. The molecule has 0 bridgehead atoms. The van der Waals surface area contributed by atoms with Crippen molar-refractivity contribution in [3.63, 3.8) is 0 Å². The topological polar surface area (TPSA) is 85.6 Å². The maximum atomic E-state index is 12.3. The molecule has 124 valence electrons. The van der Waals surface area contributed by atoms with Crippen molar-refractivity contribution in [3.8, 4) is 0 Å². The highest BCUT2D eigenvalue weighted by molar-refractivity contribution is 5.92. The van der Waals surface area contributed by atoms with Crippen LogP contribution in [0.2, 0.25) is 0 Å². The van der Waals surface area contributed by atoms with Crippen LogP contribution in [0.4, 0.5) is 5.69 Å². The van der Waals surface area contributed by atoms with E-state index in [9.17, 15) is 4.79 Å². The minimum Gasteiger partial charge on any atom is -0.361 e. The molecule has 0 aliphatic carbocycles. The Labute approximate surface area is 140 Å². The average Bonchev–Trinajstić information content (AvgIpc) is 3.33. The van der Waals surface area contributed by atoms with Crippen LogP contribution in [0.3, 0.4) is 0 Å². The van der Waals surface area contributed by atoms with Gasteiger partial charge in [-0.05, 0) is 31.0 Å². The molecule has 6 heteroatoms. The van der Waals surface area contributed by atoms with Gasteiger partial charge in [-0.2, -0.15) is 5.10 Å². The molecule has 4 rings (SSSR count). The second-order valence-electron chi connectivity index (χ2n) is 6.29. The summed E-state index contributed by atoms with van der Waals surface area (Å²) in [7, 11) is 0. The number of H-pyrrole nitrogens is 2. The van der Waals surface area contributed by atoms with E-state index in [-0.39, 0.29) is 5.91 Å². The number of aromatic nitrogens is 3. The van der Waals surface area contributed by atoms with E-state index in [1.54, 1.807) is 6.20 Å². The van der Waals surface area contributed by atoms with Crippen LogP contribution < -0.4 is 10.6 Å². The molecule has 0 spiro atoms. The lowest BCUT2D eigenvalue weighted by atomic mass is 10.0. The molecular formula is C18H21N5O. The summed E-state index contributed by atoms with van der Waals surface area (Å²) in [6, 6.07) is 8.16. The number of hydrogen-bond donors (Lipinski definition) is 4. The SMILES string of the molecule is O=C(CCc1c[nH]c2ccccc12)Nc1cn[nH]c1C1CCNC1. The second-order valence-corrected chi connectivity index (χ2v) is 6.29. The van der Waals surface area contributed by atoms with E-state index in [0.717, 1.165) is 36.4 Å². The van der Waals surface area contributed by atoms with Crippen molar-refractivity contribution in [3.05, 3.63) is 47.9 Å². The van der Waals surface area contributed by atoms with Gasteiger partial charge in [0, 0.05) is 36.0 Å². The number of para-hydroxylation sites is 1. The average molecular weight is 323 g/mol. The monoisotopic (exact) mass is 323 g/mol. The molecule has 1 aromatic carbocycles. The summed E-state index contributed by atoms with van der Waals surface area (Å²) in [6.45, 7) is 1.94. The number of rotatable bonds is 5. The lowest BCUT2D eigenvalue weighted by Gasteiger charge is -2.10. The van der Waals surface area contributed by atoms with Gasteiger partial charge in [-0.15, -0.1) is 0 Å². The zero-order chi connectivity index (χ0) is 16.4. The summed E-state index contributed by atoms with van der Waals surface area (Å²) in [5, 5.41) is 14.7. The van der Waals surface area contributed by atoms with Gasteiger partial charge in [-0.3, -0.25) is 9.89 Å². The third kappa shape index (κ3) is 2.92. The predicted octanol–water partition coefficient (Wildman–Crippen LogP) is 2.54. The molecule has 24 heavy (non-hydrogen) atoms. The Morgan fingerprint density at radius 2 is 2.25 bits per heavy atom. The normalized spacial score (nSPS) is 17.4. The van der Waals surface area contributed by atoms with E-state index in [2.05, 4.69) is 31.9 Å². The van der Waals surface area contributed by atoms with E-state index in [1.807, 2.05) is 24.4 Å². The van der Waals surface area contributed by atoms with Crippen LogP contribution in [0, 0.1) is 0 Å². The van der Waals surface area contributed by atoms with Crippen molar-refractivity contribution in [2.45, 2.75) is 25.2 Å². The number of anilines is 1. The van der Waals surface area contributed by atoms with Crippen molar-refractivity contribution in [1.29, 1.82) is 0 Å². The first-order chi connectivity index (χ1) is 11.8. The van der Waals surface area contributed by atoms with Crippen LogP contribution >= 0.6 is 0 Å². The fourth-order valence-corrected chi connectivity index (χ4v) is 3.41. The summed E-state index contributed by atoms with van der Waals surface area (Å²) in [5.41, 5.74) is 4.12. The van der Waals surface area contributed by atoms with Crippen molar-refractivity contribution >= 4 is 22.5 Å². The largest absolute Gasteiger partial charge is 0.361 e. The quantitative estimate of drug-likeness (QED) is 0.582.